The van der Waals surface area contributed by atoms with E-state index < -0.39 is 10.8 Å². The summed E-state index contributed by atoms with van der Waals surface area (Å²) < 4.78 is 12.0. The van der Waals surface area contributed by atoms with E-state index in [-0.39, 0.29) is 0 Å². The highest BCUT2D eigenvalue weighted by Crippen LogP contribution is 2.35. The van der Waals surface area contributed by atoms with Crippen LogP contribution in [0.15, 0.2) is 11.4 Å². The van der Waals surface area contributed by atoms with Gasteiger partial charge in [0.25, 0.3) is 0 Å². The van der Waals surface area contributed by atoms with Crippen LogP contribution in [0, 0.1) is 0 Å². The molecule has 4 atom stereocenters. The fraction of sp³-hybridized carbons (Fsp3) is 0.750. The van der Waals surface area contributed by atoms with Gasteiger partial charge >= 0.3 is 0 Å². The topological polar surface area (TPSA) is 29.1 Å². The SMILES string of the molecule is CC[S@](=O)[C@@H]1CCC[C@H](N[C@H]2CCCc3sccc32)C1. The standard InChI is InChI=1S/C16H25NOS2/c1-2-20(18)13-6-3-5-12(11-13)17-15-7-4-8-16-14(15)9-10-19-16/h9-10,12-13,15,17H,2-8,11H2,1H3/t12-,13+,15-,20-/m0/s1. The van der Waals surface area contributed by atoms with Crippen molar-refractivity contribution in [2.24, 2.45) is 0 Å². The minimum atomic E-state index is -0.616. The second-order valence-electron chi connectivity index (χ2n) is 6.07. The molecule has 0 aliphatic heterocycles. The van der Waals surface area contributed by atoms with Gasteiger partial charge in [0, 0.05) is 38.8 Å². The number of aryl methyl sites for hydroxylation is 1. The van der Waals surface area contributed by atoms with Crippen molar-refractivity contribution < 1.29 is 4.21 Å². The molecule has 0 aromatic carbocycles. The molecule has 112 valence electrons. The third-order valence-corrected chi connectivity index (χ3v) is 7.51. The van der Waals surface area contributed by atoms with Crippen molar-refractivity contribution in [2.75, 3.05) is 5.75 Å². The van der Waals surface area contributed by atoms with E-state index in [1.54, 1.807) is 10.4 Å². The van der Waals surface area contributed by atoms with Crippen molar-refractivity contribution >= 4 is 22.1 Å². The van der Waals surface area contributed by atoms with Gasteiger partial charge in [-0.25, -0.2) is 0 Å². The summed E-state index contributed by atoms with van der Waals surface area (Å²) in [5.74, 6) is 0.815. The molecule has 0 bridgehead atoms. The Morgan fingerprint density at radius 2 is 2.25 bits per heavy atom. The van der Waals surface area contributed by atoms with E-state index >= 15 is 0 Å². The van der Waals surface area contributed by atoms with Crippen molar-refractivity contribution in [3.05, 3.63) is 21.9 Å². The van der Waals surface area contributed by atoms with Crippen LogP contribution in [0.25, 0.3) is 0 Å². The van der Waals surface area contributed by atoms with E-state index in [0.29, 0.717) is 17.3 Å². The lowest BCUT2D eigenvalue weighted by atomic mass is 9.90. The van der Waals surface area contributed by atoms with Crippen molar-refractivity contribution in [1.82, 2.24) is 5.32 Å². The van der Waals surface area contributed by atoms with Gasteiger partial charge in [-0.2, -0.15) is 0 Å². The van der Waals surface area contributed by atoms with Crippen LogP contribution in [0.3, 0.4) is 0 Å². The summed E-state index contributed by atoms with van der Waals surface area (Å²) in [6.07, 6.45) is 8.59. The quantitative estimate of drug-likeness (QED) is 0.916. The summed E-state index contributed by atoms with van der Waals surface area (Å²) >= 11 is 1.91. The van der Waals surface area contributed by atoms with E-state index in [1.807, 2.05) is 18.3 Å². The molecule has 1 aromatic heterocycles. The van der Waals surface area contributed by atoms with Gasteiger partial charge in [-0.15, -0.1) is 11.3 Å². The Hall–Kier alpha value is -0.190. The Labute approximate surface area is 128 Å². The highest BCUT2D eigenvalue weighted by molar-refractivity contribution is 7.85. The normalized spacial score (nSPS) is 31.8. The first kappa shape index (κ1) is 14.7. The van der Waals surface area contributed by atoms with Crippen LogP contribution in [0.1, 0.15) is 61.9 Å². The Balaban J connectivity index is 1.63. The van der Waals surface area contributed by atoms with Crippen LogP contribution in [-0.2, 0) is 17.2 Å². The first-order valence-electron chi connectivity index (χ1n) is 7.97. The van der Waals surface area contributed by atoms with Gasteiger partial charge in [0.15, 0.2) is 0 Å². The predicted molar refractivity (Wildman–Crippen MR) is 87.9 cm³/mol. The molecule has 0 amide bonds. The molecule has 1 heterocycles. The Morgan fingerprint density at radius 1 is 1.35 bits per heavy atom. The van der Waals surface area contributed by atoms with Crippen molar-refractivity contribution in [3.8, 4) is 0 Å². The summed E-state index contributed by atoms with van der Waals surface area (Å²) in [5, 5.41) is 6.55. The fourth-order valence-corrected chi connectivity index (χ4v) is 6.05. The van der Waals surface area contributed by atoms with Gasteiger partial charge in [0.05, 0.1) is 0 Å². The second-order valence-corrected chi connectivity index (χ2v) is 9.07. The number of thiophene rings is 1. The zero-order valence-corrected chi connectivity index (χ0v) is 13.9. The van der Waals surface area contributed by atoms with Gasteiger partial charge in [-0.1, -0.05) is 13.3 Å². The number of rotatable bonds is 4. The summed E-state index contributed by atoms with van der Waals surface area (Å²) in [6, 6.07) is 3.42. The van der Waals surface area contributed by atoms with Crippen LogP contribution in [-0.4, -0.2) is 21.3 Å². The van der Waals surface area contributed by atoms with Gasteiger partial charge in [-0.3, -0.25) is 4.21 Å². The Morgan fingerprint density at radius 3 is 3.10 bits per heavy atom. The van der Waals surface area contributed by atoms with Gasteiger partial charge < -0.3 is 5.32 Å². The van der Waals surface area contributed by atoms with E-state index in [9.17, 15) is 4.21 Å². The Kier molecular flexibility index (Phi) is 4.95. The van der Waals surface area contributed by atoms with Crippen LogP contribution in [0.4, 0.5) is 0 Å². The summed E-state index contributed by atoms with van der Waals surface area (Å²) in [6.45, 7) is 2.05. The molecule has 2 aliphatic rings. The second kappa shape index (κ2) is 6.71. The molecule has 20 heavy (non-hydrogen) atoms. The first-order chi connectivity index (χ1) is 9.78. The highest BCUT2D eigenvalue weighted by Gasteiger charge is 2.29. The molecule has 1 aromatic rings. The van der Waals surface area contributed by atoms with Crippen LogP contribution in [0.2, 0.25) is 0 Å². The van der Waals surface area contributed by atoms with Crippen LogP contribution in [0.5, 0.6) is 0 Å². The van der Waals surface area contributed by atoms with E-state index in [2.05, 4.69) is 16.8 Å². The summed E-state index contributed by atoms with van der Waals surface area (Å²) in [7, 11) is -0.616. The van der Waals surface area contributed by atoms with E-state index in [0.717, 1.165) is 18.6 Å². The first-order valence-corrected chi connectivity index (χ1v) is 10.2. The van der Waals surface area contributed by atoms with E-state index in [1.165, 1.54) is 32.1 Å². The van der Waals surface area contributed by atoms with Gasteiger partial charge in [0.1, 0.15) is 0 Å². The average molecular weight is 312 g/mol. The van der Waals surface area contributed by atoms with Crippen molar-refractivity contribution in [2.45, 2.75) is 69.2 Å². The molecule has 0 radical (unpaired) electrons. The van der Waals surface area contributed by atoms with Gasteiger partial charge in [-0.05, 0) is 55.5 Å². The molecular formula is C16H25NOS2. The number of hydrogen-bond donors (Lipinski definition) is 1. The number of fused-ring (bicyclic) bond motifs is 1. The molecule has 1 fully saturated rings. The van der Waals surface area contributed by atoms with Crippen molar-refractivity contribution in [3.63, 3.8) is 0 Å². The molecule has 0 spiro atoms. The zero-order valence-electron chi connectivity index (χ0n) is 12.3. The van der Waals surface area contributed by atoms with Gasteiger partial charge in [0.2, 0.25) is 0 Å². The lowest BCUT2D eigenvalue weighted by Gasteiger charge is -2.34. The third-order valence-electron chi connectivity index (χ3n) is 4.77. The smallest absolute Gasteiger partial charge is 0.0362 e. The minimum Gasteiger partial charge on any atom is -0.307 e. The third kappa shape index (κ3) is 3.18. The highest BCUT2D eigenvalue weighted by atomic mass is 32.2. The molecule has 0 saturated heterocycles. The lowest BCUT2D eigenvalue weighted by molar-refractivity contribution is 0.324. The Bertz CT molecular complexity index is 471. The number of hydrogen-bond acceptors (Lipinski definition) is 3. The molecule has 0 unspecified atom stereocenters. The molecule has 3 rings (SSSR count). The maximum atomic E-state index is 12.0. The van der Waals surface area contributed by atoms with Crippen LogP contribution >= 0.6 is 11.3 Å². The van der Waals surface area contributed by atoms with Crippen LogP contribution < -0.4 is 5.32 Å². The van der Waals surface area contributed by atoms with E-state index in [4.69, 9.17) is 0 Å². The minimum absolute atomic E-state index is 0.428. The molecular weight excluding hydrogens is 286 g/mol. The molecule has 2 aliphatic carbocycles. The maximum Gasteiger partial charge on any atom is 0.0362 e. The predicted octanol–water partition coefficient (Wildman–Crippen LogP) is 3.79. The monoisotopic (exact) mass is 311 g/mol. The summed E-state index contributed by atoms with van der Waals surface area (Å²) in [5.41, 5.74) is 1.54. The summed E-state index contributed by atoms with van der Waals surface area (Å²) in [4.78, 5) is 1.58. The molecule has 1 saturated carbocycles. The molecule has 1 N–H and O–H groups in total. The maximum absolute atomic E-state index is 12.0. The molecule has 4 heteroatoms. The van der Waals surface area contributed by atoms with Crippen molar-refractivity contribution in [1.29, 1.82) is 0 Å². The molecule has 2 nitrogen and oxygen atoms in total. The number of nitrogens with one attached hydrogen (secondary N) is 1. The lowest BCUT2D eigenvalue weighted by Crippen LogP contribution is -2.40. The average Bonchev–Trinajstić information content (AvgIpc) is 2.96. The largest absolute Gasteiger partial charge is 0.307 e. The zero-order chi connectivity index (χ0) is 13.9. The fourth-order valence-electron chi connectivity index (χ4n) is 3.71.